The fourth-order valence-corrected chi connectivity index (χ4v) is 5.39. The highest BCUT2D eigenvalue weighted by Gasteiger charge is 2.25. The highest BCUT2D eigenvalue weighted by Crippen LogP contribution is 2.27. The van der Waals surface area contributed by atoms with E-state index in [9.17, 15) is 17.6 Å². The van der Waals surface area contributed by atoms with Gasteiger partial charge in [-0.2, -0.15) is 0 Å². The molecule has 3 aromatic rings. The van der Waals surface area contributed by atoms with Crippen molar-refractivity contribution in [2.75, 3.05) is 11.3 Å². The van der Waals surface area contributed by atoms with Crippen molar-refractivity contribution in [3.8, 4) is 0 Å². The van der Waals surface area contributed by atoms with E-state index in [4.69, 9.17) is 0 Å². The standard InChI is InChI=1S/C21H19FN2O3S2/c1-14-12-16(6-7-18(14)22)29(26,27)23-19-5-3-2-4-17(19)21(25)24-10-8-20-15(13-24)9-11-28-20/h2-7,9,11-12,23H,8,10,13H2,1H3. The number of hydrogen-bond donors (Lipinski definition) is 1. The number of para-hydroxylation sites is 1. The van der Waals surface area contributed by atoms with Crippen LogP contribution in [0, 0.1) is 12.7 Å². The Kier molecular flexibility index (Phi) is 5.14. The molecule has 1 aliphatic heterocycles. The normalized spacial score (nSPS) is 13.8. The van der Waals surface area contributed by atoms with Crippen LogP contribution in [-0.2, 0) is 23.0 Å². The molecule has 1 aliphatic rings. The molecule has 1 aromatic heterocycles. The van der Waals surface area contributed by atoms with Gasteiger partial charge in [0, 0.05) is 18.0 Å². The Balaban J connectivity index is 1.61. The monoisotopic (exact) mass is 430 g/mol. The minimum atomic E-state index is -3.96. The van der Waals surface area contributed by atoms with Crippen LogP contribution < -0.4 is 4.72 Å². The van der Waals surface area contributed by atoms with E-state index in [1.165, 1.54) is 23.9 Å². The number of nitrogens with one attached hydrogen (secondary N) is 1. The zero-order chi connectivity index (χ0) is 20.6. The summed E-state index contributed by atoms with van der Waals surface area (Å²) >= 11 is 1.69. The molecule has 29 heavy (non-hydrogen) atoms. The average molecular weight is 431 g/mol. The summed E-state index contributed by atoms with van der Waals surface area (Å²) in [5, 5.41) is 2.02. The van der Waals surface area contributed by atoms with Gasteiger partial charge in [0.2, 0.25) is 0 Å². The van der Waals surface area contributed by atoms with Gasteiger partial charge in [0.15, 0.2) is 0 Å². The van der Waals surface area contributed by atoms with E-state index in [2.05, 4.69) is 4.72 Å². The van der Waals surface area contributed by atoms with Crippen LogP contribution in [0.4, 0.5) is 10.1 Å². The van der Waals surface area contributed by atoms with Crippen molar-refractivity contribution in [1.29, 1.82) is 0 Å². The molecule has 1 N–H and O–H groups in total. The number of fused-ring (bicyclic) bond motifs is 1. The van der Waals surface area contributed by atoms with Crippen LogP contribution in [-0.4, -0.2) is 25.8 Å². The van der Waals surface area contributed by atoms with Crippen LogP contribution in [0.3, 0.4) is 0 Å². The fourth-order valence-electron chi connectivity index (χ4n) is 3.34. The smallest absolute Gasteiger partial charge is 0.261 e. The van der Waals surface area contributed by atoms with Gasteiger partial charge in [-0.05, 0) is 66.2 Å². The Morgan fingerprint density at radius 3 is 2.76 bits per heavy atom. The molecule has 0 atom stereocenters. The maximum Gasteiger partial charge on any atom is 0.261 e. The lowest BCUT2D eigenvalue weighted by Crippen LogP contribution is -2.35. The Morgan fingerprint density at radius 1 is 1.17 bits per heavy atom. The van der Waals surface area contributed by atoms with E-state index in [0.717, 1.165) is 18.1 Å². The zero-order valence-corrected chi connectivity index (χ0v) is 17.3. The predicted molar refractivity (Wildman–Crippen MR) is 111 cm³/mol. The molecule has 1 amide bonds. The number of nitrogens with zero attached hydrogens (tertiary/aromatic N) is 1. The number of anilines is 1. The van der Waals surface area contributed by atoms with Gasteiger partial charge < -0.3 is 4.90 Å². The first-order valence-corrected chi connectivity index (χ1v) is 11.4. The molecule has 0 fully saturated rings. The molecule has 0 saturated heterocycles. The first kappa shape index (κ1) is 19.6. The largest absolute Gasteiger partial charge is 0.334 e. The van der Waals surface area contributed by atoms with Crippen molar-refractivity contribution in [1.82, 2.24) is 4.90 Å². The SMILES string of the molecule is Cc1cc(S(=O)(=O)Nc2ccccc2C(=O)N2CCc3sccc3C2)ccc1F. The summed E-state index contributed by atoms with van der Waals surface area (Å²) in [5.74, 6) is -0.701. The molecule has 5 nitrogen and oxygen atoms in total. The first-order chi connectivity index (χ1) is 13.8. The summed E-state index contributed by atoms with van der Waals surface area (Å²) in [6, 6.07) is 12.1. The lowest BCUT2D eigenvalue weighted by molar-refractivity contribution is 0.0737. The molecule has 0 spiro atoms. The molecule has 0 aliphatic carbocycles. The van der Waals surface area contributed by atoms with Crippen molar-refractivity contribution in [3.63, 3.8) is 0 Å². The molecule has 4 rings (SSSR count). The third-order valence-electron chi connectivity index (χ3n) is 4.94. The number of thiophene rings is 1. The van der Waals surface area contributed by atoms with Crippen LogP contribution in [0.25, 0.3) is 0 Å². The third kappa shape index (κ3) is 3.90. The predicted octanol–water partition coefficient (Wildman–Crippen LogP) is 4.19. The molecule has 0 saturated carbocycles. The van der Waals surface area contributed by atoms with Gasteiger partial charge in [-0.1, -0.05) is 12.1 Å². The van der Waals surface area contributed by atoms with Crippen LogP contribution in [0.1, 0.15) is 26.4 Å². The summed E-state index contributed by atoms with van der Waals surface area (Å²) in [6.45, 7) is 2.60. The van der Waals surface area contributed by atoms with E-state index in [1.54, 1.807) is 40.5 Å². The number of carbonyl (C=O) groups is 1. The van der Waals surface area contributed by atoms with E-state index in [-0.39, 0.29) is 27.6 Å². The maximum absolute atomic E-state index is 13.5. The Labute approximate surface area is 172 Å². The Hall–Kier alpha value is -2.71. The van der Waals surface area contributed by atoms with Crippen molar-refractivity contribution < 1.29 is 17.6 Å². The Bertz CT molecular complexity index is 1190. The van der Waals surface area contributed by atoms with Gasteiger partial charge in [-0.25, -0.2) is 12.8 Å². The summed E-state index contributed by atoms with van der Waals surface area (Å²) in [6.07, 6.45) is 0.793. The number of benzene rings is 2. The minimum absolute atomic E-state index is 0.0560. The lowest BCUT2D eigenvalue weighted by Gasteiger charge is -2.28. The molecular formula is C21H19FN2O3S2. The molecule has 2 aromatic carbocycles. The van der Waals surface area contributed by atoms with Gasteiger partial charge in [0.1, 0.15) is 5.82 Å². The van der Waals surface area contributed by atoms with E-state index in [1.807, 2.05) is 11.4 Å². The van der Waals surface area contributed by atoms with Gasteiger partial charge in [0.05, 0.1) is 16.1 Å². The van der Waals surface area contributed by atoms with Crippen LogP contribution in [0.5, 0.6) is 0 Å². The number of carbonyl (C=O) groups excluding carboxylic acids is 1. The molecular weight excluding hydrogens is 411 g/mol. The highest BCUT2D eigenvalue weighted by atomic mass is 32.2. The molecule has 0 radical (unpaired) electrons. The summed E-state index contributed by atoms with van der Waals surface area (Å²) in [4.78, 5) is 16.1. The maximum atomic E-state index is 13.5. The summed E-state index contributed by atoms with van der Waals surface area (Å²) in [7, 11) is -3.96. The second-order valence-electron chi connectivity index (χ2n) is 6.91. The van der Waals surface area contributed by atoms with Crippen molar-refractivity contribution >= 4 is 33.0 Å². The third-order valence-corrected chi connectivity index (χ3v) is 7.32. The zero-order valence-electron chi connectivity index (χ0n) is 15.7. The van der Waals surface area contributed by atoms with Gasteiger partial charge in [-0.15, -0.1) is 11.3 Å². The molecule has 0 unspecified atom stereocenters. The lowest BCUT2D eigenvalue weighted by atomic mass is 10.1. The average Bonchev–Trinajstić information content (AvgIpc) is 3.17. The molecule has 0 bridgehead atoms. The van der Waals surface area contributed by atoms with E-state index in [0.29, 0.717) is 13.1 Å². The van der Waals surface area contributed by atoms with Gasteiger partial charge >= 0.3 is 0 Å². The highest BCUT2D eigenvalue weighted by molar-refractivity contribution is 7.92. The number of halogens is 1. The second-order valence-corrected chi connectivity index (χ2v) is 9.59. The molecule has 8 heteroatoms. The van der Waals surface area contributed by atoms with Crippen LogP contribution in [0.15, 0.2) is 58.8 Å². The number of aryl methyl sites for hydroxylation is 1. The number of sulfonamides is 1. The van der Waals surface area contributed by atoms with Crippen LogP contribution >= 0.6 is 11.3 Å². The van der Waals surface area contributed by atoms with Gasteiger partial charge in [0.25, 0.3) is 15.9 Å². The van der Waals surface area contributed by atoms with Crippen molar-refractivity contribution in [2.24, 2.45) is 0 Å². The summed E-state index contributed by atoms with van der Waals surface area (Å²) in [5.41, 5.74) is 1.86. The number of hydrogen-bond acceptors (Lipinski definition) is 4. The molecule has 2 heterocycles. The Morgan fingerprint density at radius 2 is 1.97 bits per heavy atom. The minimum Gasteiger partial charge on any atom is -0.334 e. The van der Waals surface area contributed by atoms with E-state index >= 15 is 0 Å². The van der Waals surface area contributed by atoms with E-state index < -0.39 is 15.8 Å². The quantitative estimate of drug-likeness (QED) is 0.675. The number of rotatable bonds is 4. The number of amides is 1. The molecule has 150 valence electrons. The fraction of sp³-hybridized carbons (Fsp3) is 0.190. The first-order valence-electron chi connectivity index (χ1n) is 9.08. The van der Waals surface area contributed by atoms with Gasteiger partial charge in [-0.3, -0.25) is 9.52 Å². The summed E-state index contributed by atoms with van der Waals surface area (Å²) < 4.78 is 41.6. The van der Waals surface area contributed by atoms with Crippen molar-refractivity contribution in [3.05, 3.63) is 81.3 Å². The second kappa shape index (κ2) is 7.61. The van der Waals surface area contributed by atoms with Crippen LogP contribution in [0.2, 0.25) is 0 Å². The topological polar surface area (TPSA) is 66.5 Å². The van der Waals surface area contributed by atoms with Crippen molar-refractivity contribution in [2.45, 2.75) is 24.8 Å².